The van der Waals surface area contributed by atoms with E-state index in [1.54, 1.807) is 0 Å². The van der Waals surface area contributed by atoms with Crippen molar-refractivity contribution < 1.29 is 4.48 Å². The average molecular weight is 345 g/mol. The second-order valence-corrected chi connectivity index (χ2v) is 7.69. The molecule has 1 nitrogen and oxygen atoms in total. The van der Waals surface area contributed by atoms with E-state index in [2.05, 4.69) is 51.6 Å². The van der Waals surface area contributed by atoms with E-state index in [0.717, 1.165) is 0 Å². The van der Waals surface area contributed by atoms with Gasteiger partial charge in [-0.3, -0.25) is 0 Å². The van der Waals surface area contributed by atoms with Gasteiger partial charge in [-0.2, -0.15) is 0 Å². The first kappa shape index (κ1) is 22.0. The molecule has 1 rings (SSSR count). The zero-order valence-electron chi connectivity index (χ0n) is 17.2. The van der Waals surface area contributed by atoms with Crippen LogP contribution in [0.15, 0.2) is 30.8 Å². The third kappa shape index (κ3) is 8.23. The quantitative estimate of drug-likeness (QED) is 0.233. The number of quaternary nitrogens is 1. The summed E-state index contributed by atoms with van der Waals surface area (Å²) in [5.74, 6) is 0. The number of hydrogen-bond acceptors (Lipinski definition) is 0. The van der Waals surface area contributed by atoms with Gasteiger partial charge in [0, 0.05) is 5.56 Å². The first-order valence-electron chi connectivity index (χ1n) is 10.8. The van der Waals surface area contributed by atoms with Gasteiger partial charge in [0.1, 0.15) is 6.54 Å². The Morgan fingerprint density at radius 1 is 0.760 bits per heavy atom. The molecule has 0 atom stereocenters. The van der Waals surface area contributed by atoms with Crippen LogP contribution in [-0.2, 0) is 6.54 Å². The Balaban J connectivity index is 2.98. The molecule has 0 aliphatic carbocycles. The van der Waals surface area contributed by atoms with E-state index in [4.69, 9.17) is 0 Å². The van der Waals surface area contributed by atoms with Crippen molar-refractivity contribution in [2.75, 3.05) is 19.6 Å². The Labute approximate surface area is 157 Å². The Morgan fingerprint density at radius 3 is 1.68 bits per heavy atom. The summed E-state index contributed by atoms with van der Waals surface area (Å²) in [5, 5.41) is 0. The van der Waals surface area contributed by atoms with Crippen LogP contribution in [0.25, 0.3) is 6.08 Å². The lowest BCUT2D eigenvalue weighted by Gasteiger charge is -2.40. The molecule has 0 amide bonds. The summed E-state index contributed by atoms with van der Waals surface area (Å²) in [6.45, 7) is 16.2. The zero-order valence-corrected chi connectivity index (χ0v) is 17.2. The number of rotatable bonds is 15. The molecule has 0 saturated heterocycles. The van der Waals surface area contributed by atoms with Gasteiger partial charge < -0.3 is 4.48 Å². The molecular weight excluding hydrogens is 302 g/mol. The summed E-state index contributed by atoms with van der Waals surface area (Å²) in [7, 11) is 0. The summed E-state index contributed by atoms with van der Waals surface area (Å²) in [4.78, 5) is 0. The molecule has 0 saturated carbocycles. The smallest absolute Gasteiger partial charge is 0.105 e. The van der Waals surface area contributed by atoms with Gasteiger partial charge in [0.25, 0.3) is 0 Å². The molecule has 0 heterocycles. The molecule has 0 N–H and O–H groups in total. The Hall–Kier alpha value is -1.08. The lowest BCUT2D eigenvalue weighted by atomic mass is 10.0. The molecule has 0 radical (unpaired) electrons. The SMILES string of the molecule is C=Cc1ccccc1C[N+](CCCCC)(CCCCC)CCCCC. The van der Waals surface area contributed by atoms with Gasteiger partial charge in [-0.25, -0.2) is 0 Å². The van der Waals surface area contributed by atoms with Crippen molar-refractivity contribution in [1.29, 1.82) is 0 Å². The Bertz CT molecular complexity index is 436. The van der Waals surface area contributed by atoms with E-state index in [9.17, 15) is 0 Å². The monoisotopic (exact) mass is 344 g/mol. The van der Waals surface area contributed by atoms with E-state index in [1.165, 1.54) is 99.6 Å². The summed E-state index contributed by atoms with van der Waals surface area (Å²) in [5.41, 5.74) is 2.81. The highest BCUT2D eigenvalue weighted by atomic mass is 15.3. The van der Waals surface area contributed by atoms with Crippen molar-refractivity contribution >= 4 is 6.08 Å². The van der Waals surface area contributed by atoms with Gasteiger partial charge >= 0.3 is 0 Å². The van der Waals surface area contributed by atoms with Crippen molar-refractivity contribution in [2.45, 2.75) is 85.1 Å². The van der Waals surface area contributed by atoms with Crippen LogP contribution in [0.2, 0.25) is 0 Å². The van der Waals surface area contributed by atoms with Crippen molar-refractivity contribution in [3.05, 3.63) is 42.0 Å². The first-order valence-corrected chi connectivity index (χ1v) is 10.8. The molecule has 1 aromatic rings. The molecular formula is C24H42N+. The average Bonchev–Trinajstić information content (AvgIpc) is 2.63. The van der Waals surface area contributed by atoms with Gasteiger partial charge in [0.05, 0.1) is 19.6 Å². The molecule has 0 bridgehead atoms. The van der Waals surface area contributed by atoms with Gasteiger partial charge in [0.15, 0.2) is 0 Å². The zero-order chi connectivity index (χ0) is 18.4. The predicted molar refractivity (Wildman–Crippen MR) is 114 cm³/mol. The van der Waals surface area contributed by atoms with Gasteiger partial charge in [0.2, 0.25) is 0 Å². The van der Waals surface area contributed by atoms with Crippen LogP contribution in [0.4, 0.5) is 0 Å². The fraction of sp³-hybridized carbons (Fsp3) is 0.667. The van der Waals surface area contributed by atoms with Crippen LogP contribution in [-0.4, -0.2) is 24.1 Å². The second-order valence-electron chi connectivity index (χ2n) is 7.69. The molecule has 0 fully saturated rings. The summed E-state index contributed by atoms with van der Waals surface area (Å²) in [6, 6.07) is 8.88. The maximum atomic E-state index is 4.04. The van der Waals surface area contributed by atoms with Gasteiger partial charge in [-0.1, -0.05) is 77.0 Å². The van der Waals surface area contributed by atoms with Crippen molar-refractivity contribution in [3.8, 4) is 0 Å². The normalized spacial score (nSPS) is 11.6. The molecule has 0 aliphatic rings. The highest BCUT2D eigenvalue weighted by Gasteiger charge is 2.27. The molecule has 0 spiro atoms. The number of benzene rings is 1. The third-order valence-electron chi connectivity index (χ3n) is 5.49. The highest BCUT2D eigenvalue weighted by molar-refractivity contribution is 5.51. The largest absolute Gasteiger partial charge is 0.320 e. The molecule has 1 aromatic carbocycles. The Morgan fingerprint density at radius 2 is 1.24 bits per heavy atom. The van der Waals surface area contributed by atoms with E-state index >= 15 is 0 Å². The fourth-order valence-corrected chi connectivity index (χ4v) is 3.90. The van der Waals surface area contributed by atoms with E-state index < -0.39 is 0 Å². The summed E-state index contributed by atoms with van der Waals surface area (Å²) in [6.07, 6.45) is 14.2. The minimum atomic E-state index is 1.18. The van der Waals surface area contributed by atoms with Crippen molar-refractivity contribution in [3.63, 3.8) is 0 Å². The topological polar surface area (TPSA) is 0 Å². The number of nitrogens with zero attached hydrogens (tertiary/aromatic N) is 1. The maximum Gasteiger partial charge on any atom is 0.105 e. The predicted octanol–water partition coefficient (Wildman–Crippen LogP) is 7.22. The van der Waals surface area contributed by atoms with E-state index in [1.807, 2.05) is 6.08 Å². The molecule has 0 aliphatic heterocycles. The van der Waals surface area contributed by atoms with Crippen LogP contribution in [0.5, 0.6) is 0 Å². The van der Waals surface area contributed by atoms with E-state index in [0.29, 0.717) is 0 Å². The van der Waals surface area contributed by atoms with Crippen molar-refractivity contribution in [2.24, 2.45) is 0 Å². The molecule has 25 heavy (non-hydrogen) atoms. The molecule has 142 valence electrons. The number of hydrogen-bond donors (Lipinski definition) is 0. The van der Waals surface area contributed by atoms with Crippen LogP contribution in [0.3, 0.4) is 0 Å². The minimum Gasteiger partial charge on any atom is -0.320 e. The molecule has 0 aromatic heterocycles. The highest BCUT2D eigenvalue weighted by Crippen LogP contribution is 2.23. The summed E-state index contributed by atoms with van der Waals surface area (Å²) >= 11 is 0. The van der Waals surface area contributed by atoms with E-state index in [-0.39, 0.29) is 0 Å². The standard InChI is InChI=1S/C24H42N/c1-5-9-14-19-25(20-15-10-6-2,21-16-11-7-3)22-24-18-13-12-17-23(24)8-4/h8,12-13,17-18H,4-7,9-11,14-16,19-22H2,1-3H3/q+1. The van der Waals surface area contributed by atoms with Crippen LogP contribution >= 0.6 is 0 Å². The van der Waals surface area contributed by atoms with Crippen LogP contribution < -0.4 is 0 Å². The minimum absolute atomic E-state index is 1.18. The van der Waals surface area contributed by atoms with Crippen molar-refractivity contribution in [1.82, 2.24) is 0 Å². The molecule has 1 heteroatoms. The van der Waals surface area contributed by atoms with Gasteiger partial charge in [-0.05, 0) is 44.1 Å². The lowest BCUT2D eigenvalue weighted by Crippen LogP contribution is -2.49. The van der Waals surface area contributed by atoms with Crippen LogP contribution in [0, 0.1) is 0 Å². The second kappa shape index (κ2) is 13.2. The number of unbranched alkanes of at least 4 members (excludes halogenated alkanes) is 6. The lowest BCUT2D eigenvalue weighted by molar-refractivity contribution is -0.941. The Kier molecular flexibility index (Phi) is 11.6. The maximum absolute atomic E-state index is 4.04. The fourth-order valence-electron chi connectivity index (χ4n) is 3.90. The summed E-state index contributed by atoms with van der Waals surface area (Å²) < 4.78 is 1.28. The van der Waals surface area contributed by atoms with Gasteiger partial charge in [-0.15, -0.1) is 0 Å². The third-order valence-corrected chi connectivity index (χ3v) is 5.49. The first-order chi connectivity index (χ1) is 12.2. The molecule has 0 unspecified atom stereocenters. The van der Waals surface area contributed by atoms with Crippen LogP contribution in [0.1, 0.15) is 89.7 Å².